The molecule has 0 bridgehead atoms. The Bertz CT molecular complexity index is 1080. The molecule has 3 aromatic rings. The van der Waals surface area contributed by atoms with E-state index in [2.05, 4.69) is 30.4 Å². The Morgan fingerprint density at radius 2 is 1.79 bits per heavy atom. The van der Waals surface area contributed by atoms with Crippen LogP contribution >= 0.6 is 11.3 Å². The number of aryl methyl sites for hydroxylation is 1. The van der Waals surface area contributed by atoms with E-state index in [1.807, 2.05) is 36.4 Å². The van der Waals surface area contributed by atoms with E-state index in [9.17, 15) is 4.79 Å². The summed E-state index contributed by atoms with van der Waals surface area (Å²) >= 11 is 1.65. The minimum atomic E-state index is -0.0932. The van der Waals surface area contributed by atoms with Crippen LogP contribution in [0.2, 0.25) is 0 Å². The third-order valence-corrected chi connectivity index (χ3v) is 7.23. The van der Waals surface area contributed by atoms with E-state index in [1.54, 1.807) is 25.6 Å². The Morgan fingerprint density at radius 3 is 2.45 bits per heavy atom. The minimum Gasteiger partial charge on any atom is -0.493 e. The predicted molar refractivity (Wildman–Crippen MR) is 131 cm³/mol. The number of carbonyl (C=O) groups is 1. The van der Waals surface area contributed by atoms with Crippen LogP contribution in [0.1, 0.15) is 39.3 Å². The molecule has 4 rings (SSSR count). The number of ether oxygens (including phenoxy) is 3. The Balaban J connectivity index is 1.77. The zero-order valence-electron chi connectivity index (χ0n) is 19.4. The number of hydrogen-bond donors (Lipinski definition) is 2. The van der Waals surface area contributed by atoms with Crippen LogP contribution in [0.15, 0.2) is 54.6 Å². The molecule has 0 saturated carbocycles. The lowest BCUT2D eigenvalue weighted by molar-refractivity contribution is -0.933. The molecular weight excluding hydrogens is 436 g/mol. The number of benzene rings is 2. The van der Waals surface area contributed by atoms with E-state index in [0.29, 0.717) is 17.1 Å². The van der Waals surface area contributed by atoms with Gasteiger partial charge in [-0.05, 0) is 42.8 Å². The lowest BCUT2D eigenvalue weighted by atomic mass is 9.97. The second-order valence-electron chi connectivity index (χ2n) is 7.99. The Labute approximate surface area is 199 Å². The van der Waals surface area contributed by atoms with Gasteiger partial charge in [-0.15, -0.1) is 11.3 Å². The second kappa shape index (κ2) is 10.8. The third kappa shape index (κ3) is 5.21. The molecule has 1 aliphatic heterocycles. The summed E-state index contributed by atoms with van der Waals surface area (Å²) in [4.78, 5) is 15.7. The summed E-state index contributed by atoms with van der Waals surface area (Å²) in [5, 5.41) is 4.10. The van der Waals surface area contributed by atoms with E-state index in [4.69, 9.17) is 14.2 Å². The molecule has 2 N–H and O–H groups in total. The first kappa shape index (κ1) is 23.3. The molecule has 33 heavy (non-hydrogen) atoms. The highest BCUT2D eigenvalue weighted by atomic mass is 32.1. The SMILES string of the molecule is CCc1cc([C@@H](c2ccc(OC)c(OC)c2)[NH+]2CCOCC2)c(NC(=O)c2ccccc2)s1. The monoisotopic (exact) mass is 467 g/mol. The first-order valence-corrected chi connectivity index (χ1v) is 12.1. The highest BCUT2D eigenvalue weighted by Gasteiger charge is 2.32. The number of morpholine rings is 1. The molecule has 0 spiro atoms. The number of rotatable bonds is 8. The van der Waals surface area contributed by atoms with Crippen LogP contribution in [-0.2, 0) is 11.2 Å². The largest absolute Gasteiger partial charge is 0.493 e. The lowest BCUT2D eigenvalue weighted by Gasteiger charge is -2.32. The average Bonchev–Trinajstić information content (AvgIpc) is 3.27. The maximum absolute atomic E-state index is 13.0. The zero-order chi connectivity index (χ0) is 23.2. The minimum absolute atomic E-state index is 0.0383. The Kier molecular flexibility index (Phi) is 7.65. The molecule has 174 valence electrons. The van der Waals surface area contributed by atoms with Gasteiger partial charge in [0.1, 0.15) is 24.1 Å². The van der Waals surface area contributed by atoms with Crippen LogP contribution in [0, 0.1) is 0 Å². The number of hydrogen-bond acceptors (Lipinski definition) is 5. The van der Waals surface area contributed by atoms with Crippen molar-refractivity contribution >= 4 is 22.2 Å². The summed E-state index contributed by atoms with van der Waals surface area (Å²) in [5.41, 5.74) is 2.90. The van der Waals surface area contributed by atoms with Crippen molar-refractivity contribution in [3.8, 4) is 11.5 Å². The summed E-state index contributed by atoms with van der Waals surface area (Å²) in [6.45, 7) is 5.36. The molecule has 1 aromatic heterocycles. The van der Waals surface area contributed by atoms with Crippen molar-refractivity contribution in [3.05, 3.63) is 76.2 Å². The number of amides is 1. The maximum Gasteiger partial charge on any atom is 0.256 e. The molecular formula is C26H31N2O4S+. The topological polar surface area (TPSA) is 61.2 Å². The number of quaternary nitrogens is 1. The van der Waals surface area contributed by atoms with Crippen LogP contribution in [0.3, 0.4) is 0 Å². The van der Waals surface area contributed by atoms with Crippen molar-refractivity contribution in [1.82, 2.24) is 0 Å². The third-order valence-electron chi connectivity index (χ3n) is 6.02. The van der Waals surface area contributed by atoms with E-state index in [1.165, 1.54) is 9.78 Å². The molecule has 1 aliphatic rings. The van der Waals surface area contributed by atoms with Crippen molar-refractivity contribution < 1.29 is 23.9 Å². The fourth-order valence-corrected chi connectivity index (χ4v) is 5.33. The van der Waals surface area contributed by atoms with Gasteiger partial charge in [-0.25, -0.2) is 0 Å². The molecule has 7 heteroatoms. The van der Waals surface area contributed by atoms with E-state index >= 15 is 0 Å². The number of carbonyl (C=O) groups excluding carboxylic acids is 1. The summed E-state index contributed by atoms with van der Waals surface area (Å²) in [6.07, 6.45) is 0.913. The molecule has 1 atom stereocenters. The van der Waals surface area contributed by atoms with Crippen molar-refractivity contribution in [3.63, 3.8) is 0 Å². The van der Waals surface area contributed by atoms with Crippen LogP contribution in [0.5, 0.6) is 11.5 Å². The van der Waals surface area contributed by atoms with Gasteiger partial charge >= 0.3 is 0 Å². The second-order valence-corrected chi connectivity index (χ2v) is 9.13. The van der Waals surface area contributed by atoms with Gasteiger partial charge < -0.3 is 24.4 Å². The first-order valence-electron chi connectivity index (χ1n) is 11.3. The number of nitrogens with one attached hydrogen (secondary N) is 2. The molecule has 1 amide bonds. The Morgan fingerprint density at radius 1 is 1.06 bits per heavy atom. The van der Waals surface area contributed by atoms with Crippen LogP contribution in [-0.4, -0.2) is 46.4 Å². The molecule has 1 saturated heterocycles. The van der Waals surface area contributed by atoms with Gasteiger partial charge in [-0.3, -0.25) is 4.79 Å². The maximum atomic E-state index is 13.0. The van der Waals surface area contributed by atoms with Gasteiger partial charge in [-0.1, -0.05) is 25.1 Å². The van der Waals surface area contributed by atoms with Crippen LogP contribution in [0.25, 0.3) is 0 Å². The van der Waals surface area contributed by atoms with Gasteiger partial charge in [0.2, 0.25) is 0 Å². The van der Waals surface area contributed by atoms with Gasteiger partial charge in [0, 0.05) is 21.6 Å². The summed E-state index contributed by atoms with van der Waals surface area (Å²) in [5.74, 6) is 1.31. The normalized spacial score (nSPS) is 15.1. The fraction of sp³-hybridized carbons (Fsp3) is 0.346. The molecule has 0 radical (unpaired) electrons. The summed E-state index contributed by atoms with van der Waals surface area (Å²) < 4.78 is 16.7. The fourth-order valence-electron chi connectivity index (χ4n) is 4.30. The van der Waals surface area contributed by atoms with Gasteiger partial charge in [-0.2, -0.15) is 0 Å². The highest BCUT2D eigenvalue weighted by Crippen LogP contribution is 2.38. The summed E-state index contributed by atoms with van der Waals surface area (Å²) in [6, 6.07) is 17.7. The van der Waals surface area contributed by atoms with Gasteiger partial charge in [0.15, 0.2) is 11.5 Å². The smallest absolute Gasteiger partial charge is 0.256 e. The average molecular weight is 468 g/mol. The van der Waals surface area contributed by atoms with E-state index in [-0.39, 0.29) is 11.9 Å². The molecule has 0 aliphatic carbocycles. The lowest BCUT2D eigenvalue weighted by Crippen LogP contribution is -3.14. The van der Waals surface area contributed by atoms with Crippen LogP contribution in [0.4, 0.5) is 5.00 Å². The number of thiophene rings is 1. The number of methoxy groups -OCH3 is 2. The highest BCUT2D eigenvalue weighted by molar-refractivity contribution is 7.16. The van der Waals surface area contributed by atoms with Gasteiger partial charge in [0.25, 0.3) is 5.91 Å². The van der Waals surface area contributed by atoms with E-state index in [0.717, 1.165) is 48.9 Å². The quantitative estimate of drug-likeness (QED) is 0.532. The Hall–Kier alpha value is -2.87. The van der Waals surface area contributed by atoms with Crippen molar-refractivity contribution in [2.45, 2.75) is 19.4 Å². The van der Waals surface area contributed by atoms with Gasteiger partial charge in [0.05, 0.1) is 27.4 Å². The molecule has 1 fully saturated rings. The standard InChI is InChI=1S/C26H30N2O4S/c1-4-20-17-21(26(33-20)27-25(29)18-8-6-5-7-9-18)24(28-12-14-32-15-13-28)19-10-11-22(30-2)23(16-19)31-3/h5-11,16-17,24H,4,12-15H2,1-3H3,(H,27,29)/p+1/t24-/m1/s1. The zero-order valence-corrected chi connectivity index (χ0v) is 20.2. The van der Waals surface area contributed by atoms with Crippen molar-refractivity contribution in [2.75, 3.05) is 45.8 Å². The summed E-state index contributed by atoms with van der Waals surface area (Å²) in [7, 11) is 3.30. The molecule has 2 aromatic carbocycles. The molecule has 2 heterocycles. The van der Waals surface area contributed by atoms with E-state index < -0.39 is 0 Å². The molecule has 0 unspecified atom stereocenters. The molecule has 6 nitrogen and oxygen atoms in total. The number of anilines is 1. The van der Waals surface area contributed by atoms with Crippen LogP contribution < -0.4 is 19.7 Å². The first-order chi connectivity index (χ1) is 16.1. The van der Waals surface area contributed by atoms with Crippen molar-refractivity contribution in [2.24, 2.45) is 0 Å². The van der Waals surface area contributed by atoms with Crippen molar-refractivity contribution in [1.29, 1.82) is 0 Å². The predicted octanol–water partition coefficient (Wildman–Crippen LogP) is 3.58.